The van der Waals surface area contributed by atoms with E-state index in [-0.39, 0.29) is 5.41 Å². The second-order valence-electron chi connectivity index (χ2n) is 8.22. The van der Waals surface area contributed by atoms with E-state index in [9.17, 15) is 0 Å². The molecule has 1 aromatic carbocycles. The van der Waals surface area contributed by atoms with Gasteiger partial charge in [-0.25, -0.2) is 0 Å². The van der Waals surface area contributed by atoms with Crippen LogP contribution in [0.3, 0.4) is 0 Å². The highest BCUT2D eigenvalue weighted by Crippen LogP contribution is 2.60. The Bertz CT molecular complexity index is 781. The van der Waals surface area contributed by atoms with E-state index in [0.29, 0.717) is 0 Å². The van der Waals surface area contributed by atoms with Crippen molar-refractivity contribution < 1.29 is 0 Å². The van der Waals surface area contributed by atoms with E-state index in [4.69, 9.17) is 17.3 Å². The van der Waals surface area contributed by atoms with Crippen molar-refractivity contribution in [2.45, 2.75) is 50.9 Å². The van der Waals surface area contributed by atoms with Gasteiger partial charge in [-0.1, -0.05) is 12.1 Å². The van der Waals surface area contributed by atoms with Crippen LogP contribution < -0.4 is 0 Å². The van der Waals surface area contributed by atoms with E-state index in [1.807, 2.05) is 0 Å². The van der Waals surface area contributed by atoms with E-state index < -0.39 is 0 Å². The Morgan fingerprint density at radius 2 is 1.78 bits per heavy atom. The molecule has 4 bridgehead atoms. The van der Waals surface area contributed by atoms with E-state index in [1.54, 1.807) is 0 Å². The van der Waals surface area contributed by atoms with Crippen molar-refractivity contribution in [3.63, 3.8) is 0 Å². The molecule has 4 fully saturated rings. The average molecular weight is 325 g/mol. The molecule has 120 valence electrons. The molecule has 4 saturated carbocycles. The number of nitrogens with zero attached hydrogens (tertiary/aromatic N) is 2. The number of rotatable bonds is 2. The summed E-state index contributed by atoms with van der Waals surface area (Å²) in [5.41, 5.74) is 2.68. The van der Waals surface area contributed by atoms with Gasteiger partial charge < -0.3 is 0 Å². The number of hydrogen-bond acceptors (Lipinski definition) is 2. The van der Waals surface area contributed by atoms with Gasteiger partial charge in [0, 0.05) is 11.1 Å². The number of aryl methyl sites for hydroxylation is 1. The SMILES string of the molecule is Cc1cccc(-n2c(C34CC5CC(CC(C5)C3)C4)n[nH]c2=S)c1. The first kappa shape index (κ1) is 14.0. The van der Waals surface area contributed by atoms with Crippen molar-refractivity contribution in [1.82, 2.24) is 14.8 Å². The van der Waals surface area contributed by atoms with Gasteiger partial charge in [0.2, 0.25) is 0 Å². The highest BCUT2D eigenvalue weighted by atomic mass is 32.1. The molecule has 0 saturated heterocycles. The minimum absolute atomic E-state index is 0.256. The lowest BCUT2D eigenvalue weighted by Crippen LogP contribution is -2.49. The molecule has 6 rings (SSSR count). The number of benzene rings is 1. The Labute approximate surface area is 142 Å². The molecule has 4 heteroatoms. The van der Waals surface area contributed by atoms with Crippen LogP contribution in [0, 0.1) is 29.4 Å². The van der Waals surface area contributed by atoms with Crippen LogP contribution in [0.4, 0.5) is 0 Å². The Balaban J connectivity index is 1.66. The first-order chi connectivity index (χ1) is 11.1. The highest BCUT2D eigenvalue weighted by molar-refractivity contribution is 7.71. The summed E-state index contributed by atoms with van der Waals surface area (Å²) in [6.07, 6.45) is 8.29. The number of hydrogen-bond donors (Lipinski definition) is 1. The molecular weight excluding hydrogens is 302 g/mol. The predicted octanol–water partition coefficient (Wildman–Crippen LogP) is 4.71. The van der Waals surface area contributed by atoms with Gasteiger partial charge in [-0.15, -0.1) is 0 Å². The third kappa shape index (κ3) is 2.07. The molecular formula is C19H23N3S. The van der Waals surface area contributed by atoms with Crippen molar-refractivity contribution in [3.05, 3.63) is 40.4 Å². The smallest absolute Gasteiger partial charge is 0.199 e. The molecule has 4 aliphatic rings. The van der Waals surface area contributed by atoms with E-state index >= 15 is 0 Å². The number of H-pyrrole nitrogens is 1. The summed E-state index contributed by atoms with van der Waals surface area (Å²) >= 11 is 5.60. The van der Waals surface area contributed by atoms with E-state index in [1.165, 1.54) is 49.9 Å². The second-order valence-corrected chi connectivity index (χ2v) is 8.61. The predicted molar refractivity (Wildman–Crippen MR) is 93.3 cm³/mol. The zero-order chi connectivity index (χ0) is 15.6. The molecule has 0 atom stereocenters. The van der Waals surface area contributed by atoms with Crippen LogP contribution >= 0.6 is 12.2 Å². The second kappa shape index (κ2) is 4.79. The standard InChI is InChI=1S/C19H23N3S/c1-12-3-2-4-16(5-12)22-17(20-21-18(22)23)19-9-13-6-14(10-19)8-15(7-13)11-19/h2-5,13-15H,6-11H2,1H3,(H,21,23). The van der Waals surface area contributed by atoms with Crippen molar-refractivity contribution in [2.24, 2.45) is 17.8 Å². The van der Waals surface area contributed by atoms with Crippen LogP contribution in [-0.2, 0) is 5.41 Å². The van der Waals surface area contributed by atoms with Crippen LogP contribution in [0.15, 0.2) is 24.3 Å². The van der Waals surface area contributed by atoms with Crippen LogP contribution in [0.2, 0.25) is 0 Å². The fraction of sp³-hybridized carbons (Fsp3) is 0.579. The lowest BCUT2D eigenvalue weighted by Gasteiger charge is -2.56. The number of aromatic nitrogens is 3. The maximum absolute atomic E-state index is 5.60. The molecule has 3 nitrogen and oxygen atoms in total. The van der Waals surface area contributed by atoms with E-state index in [0.717, 1.165) is 28.2 Å². The Morgan fingerprint density at radius 1 is 1.13 bits per heavy atom. The number of aromatic amines is 1. The molecule has 2 aromatic rings. The molecule has 0 amide bonds. The average Bonchev–Trinajstić information content (AvgIpc) is 2.88. The quantitative estimate of drug-likeness (QED) is 0.812. The van der Waals surface area contributed by atoms with Gasteiger partial charge in [0.25, 0.3) is 0 Å². The molecule has 0 aliphatic heterocycles. The Morgan fingerprint density at radius 3 is 2.39 bits per heavy atom. The zero-order valence-electron chi connectivity index (χ0n) is 13.6. The maximum atomic E-state index is 5.60. The minimum Gasteiger partial charge on any atom is -0.272 e. The zero-order valence-corrected chi connectivity index (χ0v) is 14.4. The summed E-state index contributed by atoms with van der Waals surface area (Å²) in [5, 5.41) is 7.85. The lowest BCUT2D eigenvalue weighted by atomic mass is 9.49. The summed E-state index contributed by atoms with van der Waals surface area (Å²) in [4.78, 5) is 0. The first-order valence-corrected chi connectivity index (χ1v) is 9.29. The lowest BCUT2D eigenvalue weighted by molar-refractivity contribution is -0.0102. The van der Waals surface area contributed by atoms with Gasteiger partial charge in [-0.2, -0.15) is 5.10 Å². The molecule has 1 aromatic heterocycles. The fourth-order valence-electron chi connectivity index (χ4n) is 6.04. The minimum atomic E-state index is 0.256. The summed E-state index contributed by atoms with van der Waals surface area (Å²) in [5.74, 6) is 3.94. The summed E-state index contributed by atoms with van der Waals surface area (Å²) in [6, 6.07) is 8.62. The van der Waals surface area contributed by atoms with Gasteiger partial charge in [0.15, 0.2) is 4.77 Å². The van der Waals surface area contributed by atoms with Gasteiger partial charge in [0.05, 0.1) is 0 Å². The van der Waals surface area contributed by atoms with Crippen LogP contribution in [0.5, 0.6) is 0 Å². The van der Waals surface area contributed by atoms with Crippen molar-refractivity contribution in [3.8, 4) is 5.69 Å². The van der Waals surface area contributed by atoms with Gasteiger partial charge in [-0.05, 0) is 93.1 Å². The summed E-state index contributed by atoms with van der Waals surface area (Å²) in [6.45, 7) is 2.14. The summed E-state index contributed by atoms with van der Waals surface area (Å²) < 4.78 is 2.96. The van der Waals surface area contributed by atoms with Gasteiger partial charge in [0.1, 0.15) is 5.82 Å². The van der Waals surface area contributed by atoms with E-state index in [2.05, 4.69) is 40.9 Å². The molecule has 1 heterocycles. The van der Waals surface area contributed by atoms with Crippen LogP contribution in [-0.4, -0.2) is 14.8 Å². The van der Waals surface area contributed by atoms with Gasteiger partial charge >= 0.3 is 0 Å². The molecule has 4 aliphatic carbocycles. The Hall–Kier alpha value is -1.42. The molecule has 23 heavy (non-hydrogen) atoms. The highest BCUT2D eigenvalue weighted by Gasteiger charge is 2.53. The van der Waals surface area contributed by atoms with Crippen molar-refractivity contribution in [2.75, 3.05) is 0 Å². The van der Waals surface area contributed by atoms with Crippen molar-refractivity contribution >= 4 is 12.2 Å². The molecule has 0 radical (unpaired) electrons. The number of nitrogens with one attached hydrogen (secondary N) is 1. The van der Waals surface area contributed by atoms with Crippen LogP contribution in [0.1, 0.15) is 49.9 Å². The van der Waals surface area contributed by atoms with Crippen LogP contribution in [0.25, 0.3) is 5.69 Å². The third-order valence-corrected chi connectivity index (χ3v) is 6.72. The van der Waals surface area contributed by atoms with Gasteiger partial charge in [-0.3, -0.25) is 9.67 Å². The first-order valence-electron chi connectivity index (χ1n) is 8.88. The molecule has 1 N–H and O–H groups in total. The monoisotopic (exact) mass is 325 g/mol. The maximum Gasteiger partial charge on any atom is 0.199 e. The third-order valence-electron chi connectivity index (χ3n) is 6.44. The topological polar surface area (TPSA) is 33.6 Å². The van der Waals surface area contributed by atoms with Crippen molar-refractivity contribution in [1.29, 1.82) is 0 Å². The fourth-order valence-corrected chi connectivity index (χ4v) is 6.28. The normalized spacial score (nSPS) is 34.9. The summed E-state index contributed by atoms with van der Waals surface area (Å²) in [7, 11) is 0. The largest absolute Gasteiger partial charge is 0.272 e. The molecule has 0 unspecified atom stereocenters. The Kier molecular flexibility index (Phi) is 2.91. The molecule has 0 spiro atoms.